The molecule has 0 heterocycles. The summed E-state index contributed by atoms with van der Waals surface area (Å²) in [6.45, 7) is 1.38. The summed E-state index contributed by atoms with van der Waals surface area (Å²) >= 11 is 3.00. The molecule has 3 heteroatoms. The van der Waals surface area contributed by atoms with Crippen LogP contribution >= 0.6 is 15.9 Å². The summed E-state index contributed by atoms with van der Waals surface area (Å²) in [6.07, 6.45) is 0.225. The highest BCUT2D eigenvalue weighted by Crippen LogP contribution is 2.05. The third-order valence-corrected chi connectivity index (χ3v) is 2.02. The minimum absolute atomic E-state index is 0.314. The summed E-state index contributed by atoms with van der Waals surface area (Å²) in [7, 11) is 0. The average molecular weight is 267 g/mol. The van der Waals surface area contributed by atoms with Crippen molar-refractivity contribution in [1.82, 2.24) is 0 Å². The largest absolute Gasteiger partial charge is 0.449 e. The molecule has 78 valence electrons. The number of carbonyl (C=O) groups is 1. The van der Waals surface area contributed by atoms with E-state index in [-0.39, 0.29) is 12.1 Å². The molecule has 0 aliphatic carbocycles. The highest BCUT2D eigenvalue weighted by atomic mass is 79.9. The minimum atomic E-state index is -0.385. The van der Waals surface area contributed by atoms with Crippen LogP contribution in [-0.2, 0) is 16.0 Å². The average Bonchev–Trinajstić information content (AvgIpc) is 2.18. The Morgan fingerprint density at radius 3 is 2.67 bits per heavy atom. The van der Waals surface area contributed by atoms with E-state index in [2.05, 4.69) is 26.7 Å². The van der Waals surface area contributed by atoms with Crippen molar-refractivity contribution < 1.29 is 9.53 Å². The lowest BCUT2D eigenvalue weighted by Crippen LogP contribution is -2.16. The number of carbonyl (C=O) groups excluding carboxylic acids is 1. The van der Waals surface area contributed by atoms with Gasteiger partial charge in [-0.15, -0.1) is 0 Å². The first-order valence-corrected chi connectivity index (χ1v) is 5.34. The van der Waals surface area contributed by atoms with Gasteiger partial charge < -0.3 is 4.74 Å². The summed E-state index contributed by atoms with van der Waals surface area (Å²) in [4.78, 5) is 13.4. The Morgan fingerprint density at radius 2 is 2.13 bits per heavy atom. The van der Waals surface area contributed by atoms with Gasteiger partial charge in [-0.2, -0.15) is 0 Å². The van der Waals surface area contributed by atoms with Crippen LogP contribution in [0.1, 0.15) is 12.5 Å². The topological polar surface area (TPSA) is 26.3 Å². The van der Waals surface area contributed by atoms with E-state index in [1.54, 1.807) is 0 Å². The molecule has 1 unspecified atom stereocenters. The molecule has 0 spiro atoms. The number of hydrogen-bond acceptors (Lipinski definition) is 2. The van der Waals surface area contributed by atoms with Crippen LogP contribution in [0, 0.1) is 10.8 Å². The summed E-state index contributed by atoms with van der Waals surface area (Å²) in [5, 5.41) is 0. The van der Waals surface area contributed by atoms with Gasteiger partial charge in [0.15, 0.2) is 6.10 Å². The fourth-order valence-electron chi connectivity index (χ4n) is 1.21. The quantitative estimate of drug-likeness (QED) is 0.621. The number of benzene rings is 1. The van der Waals surface area contributed by atoms with Crippen LogP contribution < -0.4 is 0 Å². The molecule has 0 aromatic heterocycles. The van der Waals surface area contributed by atoms with E-state index >= 15 is 0 Å². The summed E-state index contributed by atoms with van der Waals surface area (Å²) in [5.41, 5.74) is 1.10. The maximum atomic E-state index is 10.8. The van der Waals surface area contributed by atoms with E-state index in [0.717, 1.165) is 5.56 Å². The Bertz CT molecular complexity index is 376. The van der Waals surface area contributed by atoms with Crippen molar-refractivity contribution in [3.63, 3.8) is 0 Å². The molecule has 0 fully saturated rings. The lowest BCUT2D eigenvalue weighted by Gasteiger charge is -2.10. The van der Waals surface area contributed by atoms with Gasteiger partial charge in [-0.3, -0.25) is 4.79 Å². The lowest BCUT2D eigenvalue weighted by molar-refractivity contribution is -0.143. The Kier molecular flexibility index (Phi) is 4.92. The molecule has 1 aromatic rings. The summed E-state index contributed by atoms with van der Waals surface area (Å²) in [6, 6.07) is 9.79. The third-order valence-electron chi connectivity index (χ3n) is 1.79. The van der Waals surface area contributed by atoms with Gasteiger partial charge >= 0.3 is 5.97 Å². The van der Waals surface area contributed by atoms with E-state index in [1.807, 2.05) is 30.3 Å². The highest BCUT2D eigenvalue weighted by Gasteiger charge is 2.09. The second-order valence-electron chi connectivity index (χ2n) is 3.03. The predicted molar refractivity (Wildman–Crippen MR) is 62.4 cm³/mol. The van der Waals surface area contributed by atoms with Crippen LogP contribution in [0.3, 0.4) is 0 Å². The van der Waals surface area contributed by atoms with Crippen LogP contribution in [-0.4, -0.2) is 12.1 Å². The highest BCUT2D eigenvalue weighted by molar-refractivity contribution is 9.12. The second kappa shape index (κ2) is 6.26. The van der Waals surface area contributed by atoms with Crippen molar-refractivity contribution in [3.05, 3.63) is 35.9 Å². The van der Waals surface area contributed by atoms with Crippen molar-refractivity contribution in [1.29, 1.82) is 0 Å². The Morgan fingerprint density at radius 1 is 1.47 bits per heavy atom. The molecule has 0 bridgehead atoms. The monoisotopic (exact) mass is 266 g/mol. The zero-order valence-electron chi connectivity index (χ0n) is 8.37. The molecule has 1 aromatic carbocycles. The van der Waals surface area contributed by atoms with E-state index in [4.69, 9.17) is 4.74 Å². The van der Waals surface area contributed by atoms with Crippen molar-refractivity contribution in [2.24, 2.45) is 0 Å². The lowest BCUT2D eigenvalue weighted by atomic mass is 10.1. The zero-order chi connectivity index (χ0) is 11.1. The van der Waals surface area contributed by atoms with Gasteiger partial charge in [-0.05, 0) is 16.3 Å². The molecular weight excluding hydrogens is 256 g/mol. The number of hydrogen-bond donors (Lipinski definition) is 0. The number of esters is 1. The smallest absolute Gasteiger partial charge is 0.303 e. The van der Waals surface area contributed by atoms with E-state index in [1.165, 1.54) is 6.92 Å². The zero-order valence-corrected chi connectivity index (χ0v) is 9.95. The Hall–Kier alpha value is -1.27. The van der Waals surface area contributed by atoms with E-state index in [9.17, 15) is 4.79 Å². The summed E-state index contributed by atoms with van der Waals surface area (Å²) < 4.78 is 5.05. The van der Waals surface area contributed by atoms with Crippen molar-refractivity contribution in [3.8, 4) is 10.8 Å². The molecule has 0 radical (unpaired) electrons. The molecule has 2 nitrogen and oxygen atoms in total. The summed E-state index contributed by atoms with van der Waals surface area (Å²) in [5.74, 6) is 2.47. The maximum Gasteiger partial charge on any atom is 0.303 e. The second-order valence-corrected chi connectivity index (χ2v) is 3.42. The first-order chi connectivity index (χ1) is 7.22. The molecule has 15 heavy (non-hydrogen) atoms. The van der Waals surface area contributed by atoms with Crippen LogP contribution in [0.2, 0.25) is 0 Å². The van der Waals surface area contributed by atoms with Gasteiger partial charge in [0.1, 0.15) is 0 Å². The van der Waals surface area contributed by atoms with Crippen LogP contribution in [0.25, 0.3) is 0 Å². The molecule has 1 atom stereocenters. The molecular formula is C12H11BrO2. The fourth-order valence-corrected chi connectivity index (χ4v) is 1.47. The fraction of sp³-hybridized carbons (Fsp3) is 0.250. The van der Waals surface area contributed by atoms with Crippen LogP contribution in [0.5, 0.6) is 0 Å². The van der Waals surface area contributed by atoms with Gasteiger partial charge in [0.05, 0.1) is 0 Å². The minimum Gasteiger partial charge on any atom is -0.449 e. The van der Waals surface area contributed by atoms with Crippen molar-refractivity contribution in [2.75, 3.05) is 0 Å². The van der Waals surface area contributed by atoms with Crippen molar-refractivity contribution >= 4 is 21.9 Å². The molecule has 0 aliphatic heterocycles. The van der Waals surface area contributed by atoms with Crippen LogP contribution in [0.4, 0.5) is 0 Å². The first-order valence-electron chi connectivity index (χ1n) is 4.54. The third kappa shape index (κ3) is 4.66. The molecule has 0 amide bonds. The predicted octanol–water partition coefficient (Wildman–Crippen LogP) is 2.52. The first kappa shape index (κ1) is 11.8. The standard InChI is InChI=1S/C12H11BrO2/c1-10(14)15-12(7-8-13)9-11-5-3-2-4-6-11/h2-6,12H,9H2,1H3. The van der Waals surface area contributed by atoms with Gasteiger partial charge in [-0.1, -0.05) is 30.3 Å². The molecule has 0 saturated heterocycles. The van der Waals surface area contributed by atoms with E-state index < -0.39 is 0 Å². The van der Waals surface area contributed by atoms with Gasteiger partial charge in [0.2, 0.25) is 0 Å². The number of halogens is 1. The van der Waals surface area contributed by atoms with Gasteiger partial charge in [0.25, 0.3) is 0 Å². The Balaban J connectivity index is 2.65. The number of ether oxygens (including phenoxy) is 1. The Labute approximate surface area is 97.8 Å². The normalized spacial score (nSPS) is 11.1. The van der Waals surface area contributed by atoms with Crippen LogP contribution in [0.15, 0.2) is 30.3 Å². The number of rotatable bonds is 3. The van der Waals surface area contributed by atoms with E-state index in [0.29, 0.717) is 6.42 Å². The van der Waals surface area contributed by atoms with Crippen molar-refractivity contribution in [2.45, 2.75) is 19.4 Å². The maximum absolute atomic E-state index is 10.8. The molecule has 0 N–H and O–H groups in total. The molecule has 1 rings (SSSR count). The van der Waals surface area contributed by atoms with Gasteiger partial charge in [-0.25, -0.2) is 0 Å². The SMILES string of the molecule is CC(=O)OC(C#CBr)Cc1ccccc1. The van der Waals surface area contributed by atoms with Gasteiger partial charge in [0, 0.05) is 29.3 Å². The molecule has 0 aliphatic rings. The molecule has 0 saturated carbocycles.